The third kappa shape index (κ3) is 1.99. The summed E-state index contributed by atoms with van der Waals surface area (Å²) in [7, 11) is 0. The average Bonchev–Trinajstić information content (AvgIpc) is 2.82. The van der Waals surface area contributed by atoms with Gasteiger partial charge in [-0.2, -0.15) is 13.2 Å². The van der Waals surface area contributed by atoms with Gasteiger partial charge in [-0.15, -0.1) is 0 Å². The number of nitrogens with one attached hydrogen (secondary N) is 1. The summed E-state index contributed by atoms with van der Waals surface area (Å²) in [6.45, 7) is 0. The first-order valence-electron chi connectivity index (χ1n) is 5.80. The monoisotopic (exact) mass is 261 g/mol. The molecule has 0 radical (unpaired) electrons. The third-order valence-electron chi connectivity index (χ3n) is 3.09. The predicted molar refractivity (Wildman–Crippen MR) is 68.7 cm³/mol. The SMILES string of the molecule is FC(F)(F)c1cccc2c[nH]c(-c3ccccc3)c12. The molecule has 0 unspecified atom stereocenters. The van der Waals surface area contributed by atoms with Crippen LogP contribution < -0.4 is 0 Å². The lowest BCUT2D eigenvalue weighted by molar-refractivity contribution is -0.136. The van der Waals surface area contributed by atoms with Gasteiger partial charge in [0.2, 0.25) is 0 Å². The number of aromatic amines is 1. The van der Waals surface area contributed by atoms with Crippen molar-refractivity contribution in [3.05, 3.63) is 60.3 Å². The minimum atomic E-state index is -4.36. The largest absolute Gasteiger partial charge is 0.417 e. The Morgan fingerprint density at radius 2 is 1.58 bits per heavy atom. The van der Waals surface area contributed by atoms with E-state index in [1.165, 1.54) is 6.07 Å². The predicted octanol–water partition coefficient (Wildman–Crippen LogP) is 4.85. The van der Waals surface area contributed by atoms with Crippen molar-refractivity contribution in [2.75, 3.05) is 0 Å². The normalized spacial score (nSPS) is 11.9. The summed E-state index contributed by atoms with van der Waals surface area (Å²) in [6.07, 6.45) is -2.75. The van der Waals surface area contributed by atoms with E-state index < -0.39 is 11.7 Å². The number of aromatic nitrogens is 1. The van der Waals surface area contributed by atoms with E-state index in [4.69, 9.17) is 0 Å². The van der Waals surface area contributed by atoms with Gasteiger partial charge in [0.1, 0.15) is 0 Å². The lowest BCUT2D eigenvalue weighted by Gasteiger charge is -2.10. The summed E-state index contributed by atoms with van der Waals surface area (Å²) in [6, 6.07) is 13.2. The van der Waals surface area contributed by atoms with Crippen LogP contribution in [-0.4, -0.2) is 4.98 Å². The van der Waals surface area contributed by atoms with Crippen molar-refractivity contribution >= 4 is 10.8 Å². The van der Waals surface area contributed by atoms with E-state index in [2.05, 4.69) is 4.98 Å². The highest BCUT2D eigenvalue weighted by Gasteiger charge is 2.33. The second-order valence-corrected chi connectivity index (χ2v) is 4.30. The highest BCUT2D eigenvalue weighted by molar-refractivity contribution is 5.98. The Labute approximate surface area is 107 Å². The number of hydrogen-bond donors (Lipinski definition) is 1. The van der Waals surface area contributed by atoms with E-state index in [0.29, 0.717) is 11.1 Å². The van der Waals surface area contributed by atoms with Crippen LogP contribution in [0.4, 0.5) is 13.2 Å². The number of alkyl halides is 3. The fourth-order valence-corrected chi connectivity index (χ4v) is 2.26. The Kier molecular flexibility index (Phi) is 2.59. The summed E-state index contributed by atoms with van der Waals surface area (Å²) in [5, 5.41) is 0.787. The van der Waals surface area contributed by atoms with E-state index in [1.807, 2.05) is 6.07 Å². The Balaban J connectivity index is 2.33. The first kappa shape index (κ1) is 11.8. The zero-order valence-corrected chi connectivity index (χ0v) is 9.83. The van der Waals surface area contributed by atoms with Crippen molar-refractivity contribution in [1.29, 1.82) is 0 Å². The van der Waals surface area contributed by atoms with Crippen LogP contribution in [0.15, 0.2) is 54.7 Å². The molecule has 3 rings (SSSR count). The van der Waals surface area contributed by atoms with Gasteiger partial charge in [0, 0.05) is 17.0 Å². The molecular weight excluding hydrogens is 251 g/mol. The van der Waals surface area contributed by atoms with Crippen LogP contribution in [0.2, 0.25) is 0 Å². The fourth-order valence-electron chi connectivity index (χ4n) is 2.26. The fraction of sp³-hybridized carbons (Fsp3) is 0.0667. The molecule has 0 fully saturated rings. The topological polar surface area (TPSA) is 15.8 Å². The zero-order valence-electron chi connectivity index (χ0n) is 9.83. The molecule has 0 saturated heterocycles. The van der Waals surface area contributed by atoms with E-state index in [1.54, 1.807) is 36.5 Å². The number of hydrogen-bond acceptors (Lipinski definition) is 0. The molecule has 0 saturated carbocycles. The number of fused-ring (bicyclic) bond motifs is 1. The minimum absolute atomic E-state index is 0.223. The van der Waals surface area contributed by atoms with Gasteiger partial charge in [0.25, 0.3) is 0 Å². The molecule has 19 heavy (non-hydrogen) atoms. The highest BCUT2D eigenvalue weighted by atomic mass is 19.4. The van der Waals surface area contributed by atoms with Crippen molar-refractivity contribution < 1.29 is 13.2 Å². The van der Waals surface area contributed by atoms with Gasteiger partial charge in [-0.05, 0) is 11.6 Å². The van der Waals surface area contributed by atoms with Crippen molar-refractivity contribution in [1.82, 2.24) is 4.98 Å². The molecule has 0 bridgehead atoms. The van der Waals surface area contributed by atoms with Crippen LogP contribution in [0.1, 0.15) is 5.56 Å². The van der Waals surface area contributed by atoms with Gasteiger partial charge in [-0.1, -0.05) is 42.5 Å². The molecule has 0 amide bonds. The number of benzene rings is 2. The van der Waals surface area contributed by atoms with Crippen molar-refractivity contribution in [3.63, 3.8) is 0 Å². The smallest absolute Gasteiger partial charge is 0.360 e. The molecule has 1 N–H and O–H groups in total. The minimum Gasteiger partial charge on any atom is -0.360 e. The van der Waals surface area contributed by atoms with Gasteiger partial charge in [-0.3, -0.25) is 0 Å². The van der Waals surface area contributed by atoms with Crippen LogP contribution in [0, 0.1) is 0 Å². The van der Waals surface area contributed by atoms with E-state index in [0.717, 1.165) is 11.6 Å². The molecule has 0 aliphatic rings. The van der Waals surface area contributed by atoms with Gasteiger partial charge in [0.15, 0.2) is 0 Å². The third-order valence-corrected chi connectivity index (χ3v) is 3.09. The Morgan fingerprint density at radius 1 is 0.842 bits per heavy atom. The molecule has 0 aliphatic heterocycles. The molecule has 3 aromatic rings. The molecule has 1 aromatic heterocycles. The van der Waals surface area contributed by atoms with Gasteiger partial charge in [0.05, 0.1) is 11.3 Å². The Hall–Kier alpha value is -2.23. The summed E-state index contributed by atoms with van der Waals surface area (Å²) in [5.41, 5.74) is 0.642. The Morgan fingerprint density at radius 3 is 2.26 bits per heavy atom. The van der Waals surface area contributed by atoms with Gasteiger partial charge >= 0.3 is 6.18 Å². The number of rotatable bonds is 1. The summed E-state index contributed by atoms with van der Waals surface area (Å²) in [5.74, 6) is 0. The first-order chi connectivity index (χ1) is 9.07. The zero-order chi connectivity index (χ0) is 13.5. The van der Waals surface area contributed by atoms with Gasteiger partial charge < -0.3 is 4.98 Å². The summed E-state index contributed by atoms with van der Waals surface area (Å²) in [4.78, 5) is 2.94. The van der Waals surface area contributed by atoms with Crippen molar-refractivity contribution in [3.8, 4) is 11.3 Å². The second kappa shape index (κ2) is 4.16. The molecule has 96 valence electrons. The number of halogens is 3. The second-order valence-electron chi connectivity index (χ2n) is 4.30. The average molecular weight is 261 g/mol. The molecular formula is C15H10F3N. The van der Waals surface area contributed by atoms with Gasteiger partial charge in [-0.25, -0.2) is 0 Å². The van der Waals surface area contributed by atoms with Crippen LogP contribution in [0.3, 0.4) is 0 Å². The van der Waals surface area contributed by atoms with E-state index in [9.17, 15) is 13.2 Å². The first-order valence-corrected chi connectivity index (χ1v) is 5.80. The summed E-state index contributed by atoms with van der Waals surface area (Å²) < 4.78 is 39.2. The summed E-state index contributed by atoms with van der Waals surface area (Å²) >= 11 is 0. The van der Waals surface area contributed by atoms with Crippen LogP contribution >= 0.6 is 0 Å². The lowest BCUT2D eigenvalue weighted by atomic mass is 10.0. The molecule has 1 heterocycles. The maximum atomic E-state index is 13.1. The van der Waals surface area contributed by atoms with Crippen LogP contribution in [0.5, 0.6) is 0 Å². The maximum Gasteiger partial charge on any atom is 0.417 e. The van der Waals surface area contributed by atoms with Crippen molar-refractivity contribution in [2.45, 2.75) is 6.18 Å². The van der Waals surface area contributed by atoms with Crippen LogP contribution in [0.25, 0.3) is 22.0 Å². The van der Waals surface area contributed by atoms with Crippen LogP contribution in [-0.2, 0) is 6.18 Å². The quantitative estimate of drug-likeness (QED) is 0.644. The van der Waals surface area contributed by atoms with E-state index in [-0.39, 0.29) is 5.39 Å². The Bertz CT molecular complexity index is 711. The lowest BCUT2D eigenvalue weighted by Crippen LogP contribution is -2.05. The van der Waals surface area contributed by atoms with Crippen molar-refractivity contribution in [2.24, 2.45) is 0 Å². The molecule has 0 spiro atoms. The molecule has 0 aliphatic carbocycles. The van der Waals surface area contributed by atoms with E-state index >= 15 is 0 Å². The molecule has 4 heteroatoms. The molecule has 1 nitrogen and oxygen atoms in total. The highest BCUT2D eigenvalue weighted by Crippen LogP contribution is 2.39. The molecule has 2 aromatic carbocycles. The standard InChI is InChI=1S/C15H10F3N/c16-15(17,18)12-8-4-7-11-9-19-14(13(11)12)10-5-2-1-3-6-10/h1-9,19H. The maximum absolute atomic E-state index is 13.1. The number of H-pyrrole nitrogens is 1. The molecule has 0 atom stereocenters.